The number of halogens is 3. The molecular formula is C16H18F3N5. The van der Waals surface area contributed by atoms with Gasteiger partial charge in [-0.1, -0.05) is 12.1 Å². The van der Waals surface area contributed by atoms with Gasteiger partial charge in [0.2, 0.25) is 5.79 Å². The van der Waals surface area contributed by atoms with Gasteiger partial charge >= 0.3 is 6.18 Å². The minimum Gasteiger partial charge on any atom is -0.383 e. The molecule has 1 aromatic rings. The van der Waals surface area contributed by atoms with E-state index in [1.807, 2.05) is 18.2 Å². The Morgan fingerprint density at radius 3 is 2.54 bits per heavy atom. The molecule has 0 aromatic heterocycles. The molecule has 3 atom stereocenters. The predicted octanol–water partition coefficient (Wildman–Crippen LogP) is 1.98. The molecule has 128 valence electrons. The summed E-state index contributed by atoms with van der Waals surface area (Å²) in [6.07, 6.45) is -1.57. The SMILES string of the molecule is CN1C2CCC1c1cc(C3(N)N=C(N)C(C(F)(F)F)=CN3)ccc12. The quantitative estimate of drug-likeness (QED) is 0.732. The van der Waals surface area contributed by atoms with Crippen molar-refractivity contribution in [2.45, 2.75) is 36.9 Å². The topological polar surface area (TPSA) is 79.7 Å². The smallest absolute Gasteiger partial charge is 0.383 e. The highest BCUT2D eigenvalue weighted by molar-refractivity contribution is 5.99. The van der Waals surface area contributed by atoms with Crippen molar-refractivity contribution in [3.63, 3.8) is 0 Å². The molecule has 5 nitrogen and oxygen atoms in total. The van der Waals surface area contributed by atoms with Gasteiger partial charge in [0, 0.05) is 23.8 Å². The molecule has 2 bridgehead atoms. The van der Waals surface area contributed by atoms with Crippen LogP contribution in [-0.4, -0.2) is 24.0 Å². The fraction of sp³-hybridized carbons (Fsp3) is 0.438. The summed E-state index contributed by atoms with van der Waals surface area (Å²) in [6, 6.07) is 6.49. The number of amidine groups is 1. The Morgan fingerprint density at radius 1 is 1.25 bits per heavy atom. The monoisotopic (exact) mass is 337 g/mol. The van der Waals surface area contributed by atoms with Gasteiger partial charge in [0.1, 0.15) is 11.4 Å². The molecule has 8 heteroatoms. The maximum absolute atomic E-state index is 12.9. The second-order valence-corrected chi connectivity index (χ2v) is 6.58. The van der Waals surface area contributed by atoms with Gasteiger partial charge in [0.25, 0.3) is 0 Å². The van der Waals surface area contributed by atoms with E-state index in [0.29, 0.717) is 17.6 Å². The van der Waals surface area contributed by atoms with Crippen molar-refractivity contribution in [3.05, 3.63) is 46.7 Å². The van der Waals surface area contributed by atoms with E-state index in [1.54, 1.807) is 0 Å². The lowest BCUT2D eigenvalue weighted by atomic mass is 9.89. The van der Waals surface area contributed by atoms with Gasteiger partial charge in [-0.15, -0.1) is 0 Å². The number of hydrogen-bond donors (Lipinski definition) is 3. The number of rotatable bonds is 1. The molecule has 0 radical (unpaired) electrons. The zero-order valence-corrected chi connectivity index (χ0v) is 13.1. The van der Waals surface area contributed by atoms with Crippen molar-refractivity contribution in [2.75, 3.05) is 7.05 Å². The first kappa shape index (κ1) is 15.5. The lowest BCUT2D eigenvalue weighted by Gasteiger charge is -2.32. The van der Waals surface area contributed by atoms with Crippen LogP contribution in [-0.2, 0) is 5.79 Å². The van der Waals surface area contributed by atoms with Crippen LogP contribution in [0.4, 0.5) is 13.2 Å². The van der Waals surface area contributed by atoms with Gasteiger partial charge in [-0.05, 0) is 37.1 Å². The highest BCUT2D eigenvalue weighted by Gasteiger charge is 2.44. The number of nitrogens with two attached hydrogens (primary N) is 2. The van der Waals surface area contributed by atoms with Crippen molar-refractivity contribution in [1.29, 1.82) is 0 Å². The van der Waals surface area contributed by atoms with E-state index in [0.717, 1.165) is 19.0 Å². The first-order valence-corrected chi connectivity index (χ1v) is 7.76. The fourth-order valence-corrected chi connectivity index (χ4v) is 4.01. The summed E-state index contributed by atoms with van der Waals surface area (Å²) in [7, 11) is 2.09. The Labute approximate surface area is 137 Å². The third-order valence-electron chi connectivity index (χ3n) is 5.26. The van der Waals surface area contributed by atoms with E-state index >= 15 is 0 Å². The molecule has 4 rings (SSSR count). The Bertz CT molecular complexity index is 769. The molecule has 3 aliphatic heterocycles. The largest absolute Gasteiger partial charge is 0.421 e. The van der Waals surface area contributed by atoms with Crippen LogP contribution < -0.4 is 16.8 Å². The van der Waals surface area contributed by atoms with Crippen LogP contribution in [0.1, 0.15) is 41.6 Å². The molecule has 3 aliphatic rings. The highest BCUT2D eigenvalue weighted by Crippen LogP contribution is 2.52. The summed E-state index contributed by atoms with van der Waals surface area (Å²) >= 11 is 0. The van der Waals surface area contributed by atoms with Crippen molar-refractivity contribution in [1.82, 2.24) is 10.2 Å². The Kier molecular flexibility index (Phi) is 3.05. The number of aliphatic imine (C=N–C) groups is 1. The van der Waals surface area contributed by atoms with Crippen LogP contribution in [0, 0.1) is 0 Å². The molecular weight excluding hydrogens is 319 g/mol. The van der Waals surface area contributed by atoms with E-state index < -0.39 is 23.4 Å². The molecule has 0 saturated carbocycles. The molecule has 0 spiro atoms. The number of fused-ring (bicyclic) bond motifs is 5. The number of alkyl halides is 3. The average molecular weight is 337 g/mol. The van der Waals surface area contributed by atoms with E-state index in [4.69, 9.17) is 11.5 Å². The fourth-order valence-electron chi connectivity index (χ4n) is 4.01. The highest BCUT2D eigenvalue weighted by atomic mass is 19.4. The van der Waals surface area contributed by atoms with Crippen molar-refractivity contribution < 1.29 is 13.2 Å². The Morgan fingerprint density at radius 2 is 1.92 bits per heavy atom. The first-order chi connectivity index (χ1) is 11.2. The molecule has 1 fully saturated rings. The predicted molar refractivity (Wildman–Crippen MR) is 83.7 cm³/mol. The summed E-state index contributed by atoms with van der Waals surface area (Å²) in [5, 5.41) is 2.56. The average Bonchev–Trinajstić information content (AvgIpc) is 2.99. The molecule has 0 amide bonds. The second kappa shape index (κ2) is 4.73. The molecule has 3 heterocycles. The first-order valence-electron chi connectivity index (χ1n) is 7.76. The number of benzene rings is 1. The van der Waals surface area contributed by atoms with Gasteiger partial charge in [0.05, 0.1) is 0 Å². The standard InChI is InChI=1S/C16H18F3N5/c1-24-12-4-5-13(24)10-6-8(2-3-9(10)12)16(21)22-7-11(14(20)23-16)15(17,18)19/h2-3,6-7,12-13,22H,4-5,21H2,1H3,(H2,20,23). The molecule has 3 unspecified atom stereocenters. The van der Waals surface area contributed by atoms with Crippen LogP contribution in [0.2, 0.25) is 0 Å². The number of nitrogens with one attached hydrogen (secondary N) is 1. The van der Waals surface area contributed by atoms with E-state index in [2.05, 4.69) is 22.3 Å². The van der Waals surface area contributed by atoms with Crippen molar-refractivity contribution in [3.8, 4) is 0 Å². The summed E-state index contributed by atoms with van der Waals surface area (Å²) in [4.78, 5) is 6.22. The van der Waals surface area contributed by atoms with Gasteiger partial charge in [-0.2, -0.15) is 13.2 Å². The van der Waals surface area contributed by atoms with E-state index in [-0.39, 0.29) is 0 Å². The van der Waals surface area contributed by atoms with Gasteiger partial charge in [-0.3, -0.25) is 10.6 Å². The Hall–Kier alpha value is -2.06. The number of nitrogens with zero attached hydrogens (tertiary/aromatic N) is 2. The summed E-state index contributed by atoms with van der Waals surface area (Å²) in [6.45, 7) is 0. The lowest BCUT2D eigenvalue weighted by molar-refractivity contribution is -0.0870. The van der Waals surface area contributed by atoms with E-state index in [1.165, 1.54) is 11.1 Å². The third kappa shape index (κ3) is 2.06. The van der Waals surface area contributed by atoms with Gasteiger partial charge < -0.3 is 11.1 Å². The molecule has 5 N–H and O–H groups in total. The summed E-state index contributed by atoms with van der Waals surface area (Å²) < 4.78 is 38.6. The maximum atomic E-state index is 12.9. The zero-order valence-electron chi connectivity index (χ0n) is 13.1. The zero-order chi connectivity index (χ0) is 17.3. The molecule has 1 aromatic carbocycles. The van der Waals surface area contributed by atoms with Crippen LogP contribution in [0.3, 0.4) is 0 Å². The van der Waals surface area contributed by atoms with Crippen molar-refractivity contribution >= 4 is 5.84 Å². The molecule has 0 aliphatic carbocycles. The van der Waals surface area contributed by atoms with Crippen LogP contribution in [0.15, 0.2) is 35.0 Å². The van der Waals surface area contributed by atoms with Gasteiger partial charge in [-0.25, -0.2) is 4.99 Å². The van der Waals surface area contributed by atoms with Crippen LogP contribution >= 0.6 is 0 Å². The third-order valence-corrected chi connectivity index (χ3v) is 5.26. The maximum Gasteiger partial charge on any atom is 0.421 e. The summed E-state index contributed by atoms with van der Waals surface area (Å²) in [5.41, 5.74) is 13.7. The van der Waals surface area contributed by atoms with E-state index in [9.17, 15) is 13.2 Å². The summed E-state index contributed by atoms with van der Waals surface area (Å²) in [5.74, 6) is -2.10. The lowest BCUT2D eigenvalue weighted by Crippen LogP contribution is -2.51. The Balaban J connectivity index is 1.70. The van der Waals surface area contributed by atoms with Gasteiger partial charge in [0.15, 0.2) is 0 Å². The van der Waals surface area contributed by atoms with Crippen LogP contribution in [0.25, 0.3) is 0 Å². The van der Waals surface area contributed by atoms with Crippen LogP contribution in [0.5, 0.6) is 0 Å². The van der Waals surface area contributed by atoms with Crippen molar-refractivity contribution in [2.24, 2.45) is 16.5 Å². The minimum atomic E-state index is -4.57. The number of hydrogen-bond acceptors (Lipinski definition) is 5. The normalized spacial score (nSPS) is 32.2. The molecule has 24 heavy (non-hydrogen) atoms. The molecule has 1 saturated heterocycles. The second-order valence-electron chi connectivity index (χ2n) is 6.58. The minimum absolute atomic E-state index is 0.333.